The maximum absolute atomic E-state index is 11.9. The lowest BCUT2D eigenvalue weighted by Gasteiger charge is -2.45. The highest BCUT2D eigenvalue weighted by Gasteiger charge is 2.44. The van der Waals surface area contributed by atoms with Gasteiger partial charge in [0.2, 0.25) is 5.91 Å². The fourth-order valence-corrected chi connectivity index (χ4v) is 3.65. The number of piperidine rings is 1. The topological polar surface area (TPSA) is 59.4 Å². The van der Waals surface area contributed by atoms with Crippen molar-refractivity contribution in [2.45, 2.75) is 25.6 Å². The normalized spacial score (nSPS) is 32.7. The molecule has 0 spiro atoms. The smallest absolute Gasteiger partial charge is 0.240 e. The lowest BCUT2D eigenvalue weighted by atomic mass is 9.76. The summed E-state index contributed by atoms with van der Waals surface area (Å²) in [5, 5.41) is 12.4. The first-order valence-corrected chi connectivity index (χ1v) is 6.83. The number of nitrogens with zero attached hydrogens (tertiary/aromatic N) is 3. The Morgan fingerprint density at radius 2 is 2.37 bits per heavy atom. The van der Waals surface area contributed by atoms with Gasteiger partial charge in [-0.1, -0.05) is 6.08 Å². The van der Waals surface area contributed by atoms with E-state index in [4.69, 9.17) is 5.26 Å². The number of dihydropyridines is 1. The van der Waals surface area contributed by atoms with Crippen LogP contribution in [0.25, 0.3) is 0 Å². The molecule has 0 bridgehead atoms. The predicted molar refractivity (Wildman–Crippen MR) is 73.0 cm³/mol. The molecule has 0 aromatic rings. The molecule has 3 atom stereocenters. The summed E-state index contributed by atoms with van der Waals surface area (Å²) in [4.78, 5) is 13.2. The Kier molecular flexibility index (Phi) is 2.86. The Morgan fingerprint density at radius 1 is 1.58 bits per heavy atom. The number of hydrogen-bond donors (Lipinski definition) is 1. The zero-order chi connectivity index (χ0) is 13.6. The molecule has 0 aliphatic carbocycles. The zero-order valence-electron chi connectivity index (χ0n) is 10.4. The third kappa shape index (κ3) is 1.77. The minimum atomic E-state index is -0.138. The molecule has 1 amide bonds. The van der Waals surface area contributed by atoms with Gasteiger partial charge in [0.1, 0.15) is 6.17 Å². The lowest BCUT2D eigenvalue weighted by Crippen LogP contribution is -2.53. The second-order valence-corrected chi connectivity index (χ2v) is 5.72. The minimum absolute atomic E-state index is 0.0370. The van der Waals surface area contributed by atoms with E-state index in [0.29, 0.717) is 6.42 Å². The van der Waals surface area contributed by atoms with Crippen LogP contribution in [0.4, 0.5) is 0 Å². The highest BCUT2D eigenvalue weighted by atomic mass is 79.9. The molecule has 5 nitrogen and oxygen atoms in total. The van der Waals surface area contributed by atoms with E-state index < -0.39 is 0 Å². The molecule has 3 heterocycles. The number of fused-ring (bicyclic) bond motifs is 3. The van der Waals surface area contributed by atoms with Gasteiger partial charge in [-0.15, -0.1) is 0 Å². The number of likely N-dealkylation sites (tertiary alicyclic amines) is 1. The minimum Gasteiger partial charge on any atom is -0.367 e. The molecule has 3 aliphatic rings. The fourth-order valence-electron chi connectivity index (χ4n) is 3.03. The number of nitrogens with one attached hydrogen (secondary N) is 1. The molecule has 0 radical (unpaired) electrons. The quantitative estimate of drug-likeness (QED) is 0.544. The van der Waals surface area contributed by atoms with Gasteiger partial charge >= 0.3 is 0 Å². The monoisotopic (exact) mass is 320 g/mol. The van der Waals surface area contributed by atoms with Crippen LogP contribution in [0.1, 0.15) is 13.3 Å². The van der Waals surface area contributed by atoms with Crippen LogP contribution in [0.2, 0.25) is 0 Å². The first-order valence-electron chi connectivity index (χ1n) is 6.12. The molecular formula is C13H13BrN4O. The van der Waals surface area contributed by atoms with Gasteiger partial charge in [-0.25, -0.2) is 4.90 Å². The summed E-state index contributed by atoms with van der Waals surface area (Å²) in [6.45, 7) is 1.93. The van der Waals surface area contributed by atoms with Crippen LogP contribution >= 0.6 is 16.1 Å². The van der Waals surface area contributed by atoms with Crippen molar-refractivity contribution in [3.8, 4) is 6.19 Å². The number of hydrogen-bond acceptors (Lipinski definition) is 4. The molecule has 0 saturated carbocycles. The van der Waals surface area contributed by atoms with Crippen molar-refractivity contribution in [3.63, 3.8) is 0 Å². The summed E-state index contributed by atoms with van der Waals surface area (Å²) < 4.78 is 1.90. The van der Waals surface area contributed by atoms with Crippen LogP contribution in [0.15, 0.2) is 35.7 Å². The first kappa shape index (κ1) is 12.3. The van der Waals surface area contributed by atoms with E-state index in [1.54, 1.807) is 0 Å². The Labute approximate surface area is 120 Å². The average molecular weight is 321 g/mol. The van der Waals surface area contributed by atoms with E-state index in [9.17, 15) is 4.79 Å². The van der Waals surface area contributed by atoms with Crippen LogP contribution in [-0.4, -0.2) is 26.9 Å². The zero-order valence-corrected chi connectivity index (χ0v) is 12.0. The number of allylic oxidation sites excluding steroid dienone is 2. The molecule has 3 aliphatic heterocycles. The summed E-state index contributed by atoms with van der Waals surface area (Å²) >= 11 is 3.49. The van der Waals surface area contributed by atoms with E-state index in [2.05, 4.69) is 27.5 Å². The third-order valence-corrected chi connectivity index (χ3v) is 4.48. The van der Waals surface area contributed by atoms with E-state index in [1.807, 2.05) is 35.5 Å². The predicted octanol–water partition coefficient (Wildman–Crippen LogP) is 1.58. The standard InChI is InChI=1S/C13H13BrN4O/c1-8-12-9(5-11(19)17(8)7-15)6-18(14)13-10(12)3-2-4-16-13/h2-4,6,8,12-13,16H,5H2,1H3. The molecule has 1 N–H and O–H groups in total. The van der Waals surface area contributed by atoms with Crippen LogP contribution in [0, 0.1) is 17.4 Å². The van der Waals surface area contributed by atoms with E-state index >= 15 is 0 Å². The number of amides is 1. The highest BCUT2D eigenvalue weighted by molar-refractivity contribution is 9.07. The highest BCUT2D eigenvalue weighted by Crippen LogP contribution is 2.41. The summed E-state index contributed by atoms with van der Waals surface area (Å²) in [5.41, 5.74) is 2.23. The lowest BCUT2D eigenvalue weighted by molar-refractivity contribution is -0.131. The van der Waals surface area contributed by atoms with Gasteiger partial charge in [-0.05, 0) is 30.3 Å². The Balaban J connectivity index is 2.06. The van der Waals surface area contributed by atoms with Gasteiger partial charge in [0.15, 0.2) is 6.19 Å². The van der Waals surface area contributed by atoms with Crippen molar-refractivity contribution in [1.82, 2.24) is 14.1 Å². The molecule has 19 heavy (non-hydrogen) atoms. The van der Waals surface area contributed by atoms with Crippen molar-refractivity contribution >= 4 is 22.1 Å². The van der Waals surface area contributed by atoms with Crippen molar-refractivity contribution in [2.75, 3.05) is 0 Å². The molecule has 0 aromatic carbocycles. The largest absolute Gasteiger partial charge is 0.367 e. The van der Waals surface area contributed by atoms with Crippen molar-refractivity contribution in [3.05, 3.63) is 35.7 Å². The number of carbonyl (C=O) groups excluding carboxylic acids is 1. The van der Waals surface area contributed by atoms with Crippen LogP contribution in [-0.2, 0) is 4.79 Å². The molecular weight excluding hydrogens is 308 g/mol. The molecule has 1 fully saturated rings. The summed E-state index contributed by atoms with van der Waals surface area (Å²) in [6, 6.07) is -0.138. The fraction of sp³-hybridized carbons (Fsp3) is 0.385. The summed E-state index contributed by atoms with van der Waals surface area (Å²) in [5.74, 6) is -0.0228. The number of nitriles is 1. The summed E-state index contributed by atoms with van der Waals surface area (Å²) in [6.07, 6.45) is 10.2. The van der Waals surface area contributed by atoms with Crippen molar-refractivity contribution < 1.29 is 4.79 Å². The van der Waals surface area contributed by atoms with Gasteiger partial charge < -0.3 is 5.32 Å². The number of rotatable bonds is 0. The second kappa shape index (κ2) is 4.42. The Hall–Kier alpha value is -1.74. The maximum atomic E-state index is 11.9. The van der Waals surface area contributed by atoms with Crippen molar-refractivity contribution in [1.29, 1.82) is 5.26 Å². The molecule has 6 heteroatoms. The maximum Gasteiger partial charge on any atom is 0.240 e. The average Bonchev–Trinajstić information content (AvgIpc) is 2.39. The van der Waals surface area contributed by atoms with Crippen LogP contribution in [0.3, 0.4) is 0 Å². The van der Waals surface area contributed by atoms with E-state index in [1.165, 1.54) is 10.5 Å². The van der Waals surface area contributed by atoms with E-state index in [-0.39, 0.29) is 24.0 Å². The Morgan fingerprint density at radius 3 is 3.11 bits per heavy atom. The van der Waals surface area contributed by atoms with Crippen LogP contribution in [0.5, 0.6) is 0 Å². The number of carbonyl (C=O) groups is 1. The Bertz CT molecular complexity index is 559. The second-order valence-electron chi connectivity index (χ2n) is 4.90. The molecule has 3 rings (SSSR count). The van der Waals surface area contributed by atoms with Gasteiger partial charge in [0, 0.05) is 12.1 Å². The van der Waals surface area contributed by atoms with Gasteiger partial charge in [0.05, 0.1) is 28.6 Å². The SMILES string of the molecule is CC1C2C(=CN(Br)C3NC=CC=C23)CC(=O)N1C#N. The van der Waals surface area contributed by atoms with Crippen LogP contribution < -0.4 is 5.32 Å². The molecule has 1 saturated heterocycles. The third-order valence-electron chi connectivity index (χ3n) is 3.87. The number of halogens is 1. The molecule has 3 unspecified atom stereocenters. The van der Waals surface area contributed by atoms with Gasteiger partial charge in [0.25, 0.3) is 0 Å². The van der Waals surface area contributed by atoms with Gasteiger partial charge in [-0.2, -0.15) is 5.26 Å². The first-order chi connectivity index (χ1) is 9.13. The molecule has 98 valence electrons. The van der Waals surface area contributed by atoms with Crippen molar-refractivity contribution in [2.24, 2.45) is 5.92 Å². The van der Waals surface area contributed by atoms with Gasteiger partial charge in [-0.3, -0.25) is 8.72 Å². The van der Waals surface area contributed by atoms with E-state index in [0.717, 1.165) is 5.57 Å². The summed E-state index contributed by atoms with van der Waals surface area (Å²) in [7, 11) is 0. The molecule has 0 aromatic heterocycles.